The van der Waals surface area contributed by atoms with Gasteiger partial charge < -0.3 is 29.4 Å². The molecule has 1 aromatic carbocycles. The molecule has 0 aliphatic rings. The molecule has 10 nitrogen and oxygen atoms in total. The molecular weight excluding hydrogens is 506 g/mol. The lowest BCUT2D eigenvalue weighted by Gasteiger charge is -2.17. The summed E-state index contributed by atoms with van der Waals surface area (Å²) < 4.78 is 26.2. The fraction of sp³-hybridized carbons (Fsp3) is 0.655. The third-order valence-corrected chi connectivity index (χ3v) is 5.93. The first-order valence-corrected chi connectivity index (χ1v) is 13.6. The normalized spacial score (nSPS) is 14.1. The Bertz CT molecular complexity index is 947. The fourth-order valence-electron chi connectivity index (χ4n) is 3.14. The second-order valence-corrected chi connectivity index (χ2v) is 10.5. The van der Waals surface area contributed by atoms with E-state index in [2.05, 4.69) is 0 Å². The van der Waals surface area contributed by atoms with Crippen LogP contribution in [0.1, 0.15) is 79.7 Å². The van der Waals surface area contributed by atoms with Crippen molar-refractivity contribution in [3.8, 4) is 11.5 Å². The minimum atomic E-state index is -1.03. The van der Waals surface area contributed by atoms with Crippen LogP contribution in [-0.2, 0) is 35.0 Å². The molecule has 0 bridgehead atoms. The lowest BCUT2D eigenvalue weighted by Crippen LogP contribution is -2.36. The van der Waals surface area contributed by atoms with E-state index in [1.807, 2.05) is 41.5 Å². The van der Waals surface area contributed by atoms with Crippen LogP contribution in [0.15, 0.2) is 18.2 Å². The van der Waals surface area contributed by atoms with Crippen molar-refractivity contribution in [2.24, 2.45) is 23.5 Å². The van der Waals surface area contributed by atoms with Gasteiger partial charge in [0.25, 0.3) is 0 Å². The zero-order valence-electron chi connectivity index (χ0n) is 24.3. The monoisotopic (exact) mass is 551 g/mol. The van der Waals surface area contributed by atoms with Gasteiger partial charge in [-0.25, -0.2) is 4.79 Å². The number of carbonyl (C=O) groups is 4. The number of rotatable bonds is 16. The van der Waals surface area contributed by atoms with E-state index in [4.69, 9.17) is 29.4 Å². The second-order valence-electron chi connectivity index (χ2n) is 10.5. The second kappa shape index (κ2) is 17.4. The van der Waals surface area contributed by atoms with E-state index in [0.29, 0.717) is 5.56 Å². The van der Waals surface area contributed by atoms with Crippen molar-refractivity contribution in [3.05, 3.63) is 23.8 Å². The molecule has 1 rings (SSSR count). The molecule has 2 unspecified atom stereocenters. The number of ether oxygens (including phenoxy) is 5. The zero-order valence-corrected chi connectivity index (χ0v) is 24.3. The van der Waals surface area contributed by atoms with Gasteiger partial charge in [0, 0.05) is 12.8 Å². The van der Waals surface area contributed by atoms with Gasteiger partial charge in [0.05, 0.1) is 6.61 Å². The molecule has 1 aromatic rings. The van der Waals surface area contributed by atoms with Crippen molar-refractivity contribution in [1.82, 2.24) is 0 Å². The highest BCUT2D eigenvalue weighted by molar-refractivity contribution is 5.77. The molecule has 0 saturated carbocycles. The minimum absolute atomic E-state index is 0.0709. The smallest absolute Gasteiger partial charge is 0.461 e. The Labute approximate surface area is 231 Å². The molecule has 0 radical (unpaired) electrons. The van der Waals surface area contributed by atoms with E-state index >= 15 is 0 Å². The standard InChI is InChI=1S/C29H45NO9/c1-8-19(5)12-26(31)38-24-11-10-22(15-25(24)39-27(32)13-20(6)9-2)14-23(30)28(33)35-17-21(7)37-29(34)36-16-18(3)4/h10-11,15,18-21,23H,8-9,12-14,16-17,30H2,1-7H3/t19?,20?,21-,23-/m0/s1. The van der Waals surface area contributed by atoms with Crippen molar-refractivity contribution in [2.45, 2.75) is 92.7 Å². The van der Waals surface area contributed by atoms with Crippen LogP contribution in [0.3, 0.4) is 0 Å². The summed E-state index contributed by atoms with van der Waals surface area (Å²) in [6.45, 7) is 13.2. The maximum absolute atomic E-state index is 12.5. The minimum Gasteiger partial charge on any atom is -0.461 e. The number of benzene rings is 1. The number of hydrogen-bond acceptors (Lipinski definition) is 10. The first-order valence-electron chi connectivity index (χ1n) is 13.6. The van der Waals surface area contributed by atoms with E-state index in [-0.39, 0.29) is 61.7 Å². The van der Waals surface area contributed by atoms with Crippen molar-refractivity contribution in [1.29, 1.82) is 0 Å². The molecular formula is C29H45NO9. The quantitative estimate of drug-likeness (QED) is 0.221. The van der Waals surface area contributed by atoms with Gasteiger partial charge in [0.1, 0.15) is 18.8 Å². The van der Waals surface area contributed by atoms with Crippen molar-refractivity contribution < 1.29 is 42.9 Å². The summed E-state index contributed by atoms with van der Waals surface area (Å²) in [7, 11) is 0. The Hall–Kier alpha value is -3.14. The molecule has 2 N–H and O–H groups in total. The summed E-state index contributed by atoms with van der Waals surface area (Å²) in [5, 5.41) is 0. The Morgan fingerprint density at radius 2 is 1.36 bits per heavy atom. The number of nitrogens with two attached hydrogens (primary N) is 1. The van der Waals surface area contributed by atoms with E-state index in [1.54, 1.807) is 13.0 Å². The Morgan fingerprint density at radius 1 is 0.795 bits per heavy atom. The van der Waals surface area contributed by atoms with E-state index in [0.717, 1.165) is 12.8 Å². The topological polar surface area (TPSA) is 140 Å². The summed E-state index contributed by atoms with van der Waals surface area (Å²) in [6.07, 6.45) is 0.586. The van der Waals surface area contributed by atoms with Gasteiger partial charge in [-0.05, 0) is 48.8 Å². The maximum Gasteiger partial charge on any atom is 0.508 e. The summed E-state index contributed by atoms with van der Waals surface area (Å²) in [5.41, 5.74) is 6.62. The maximum atomic E-state index is 12.5. The van der Waals surface area contributed by atoms with Crippen LogP contribution in [0.25, 0.3) is 0 Å². The van der Waals surface area contributed by atoms with Gasteiger partial charge in [-0.15, -0.1) is 0 Å². The van der Waals surface area contributed by atoms with Gasteiger partial charge in [-0.1, -0.05) is 60.5 Å². The molecule has 0 fully saturated rings. The van der Waals surface area contributed by atoms with Gasteiger partial charge in [0.15, 0.2) is 11.5 Å². The van der Waals surface area contributed by atoms with E-state index < -0.39 is 36.2 Å². The predicted octanol–water partition coefficient (Wildman–Crippen LogP) is 4.98. The van der Waals surface area contributed by atoms with Gasteiger partial charge in [0.2, 0.25) is 0 Å². The molecule has 0 aliphatic carbocycles. The van der Waals surface area contributed by atoms with E-state index in [9.17, 15) is 19.2 Å². The summed E-state index contributed by atoms with van der Waals surface area (Å²) in [5.74, 6) is -0.929. The van der Waals surface area contributed by atoms with Crippen LogP contribution in [0.5, 0.6) is 11.5 Å². The largest absolute Gasteiger partial charge is 0.508 e. The van der Waals surface area contributed by atoms with Crippen LogP contribution < -0.4 is 15.2 Å². The number of esters is 3. The van der Waals surface area contributed by atoms with E-state index in [1.165, 1.54) is 12.1 Å². The molecule has 0 spiro atoms. The molecule has 220 valence electrons. The highest BCUT2D eigenvalue weighted by Crippen LogP contribution is 2.30. The lowest BCUT2D eigenvalue weighted by atomic mass is 10.0. The van der Waals surface area contributed by atoms with Crippen LogP contribution in [0.4, 0.5) is 4.79 Å². The zero-order chi connectivity index (χ0) is 29.5. The van der Waals surface area contributed by atoms with Crippen molar-refractivity contribution >= 4 is 24.1 Å². The summed E-state index contributed by atoms with van der Waals surface area (Å²) in [6, 6.07) is 3.66. The van der Waals surface area contributed by atoms with Gasteiger partial charge in [-0.2, -0.15) is 0 Å². The first-order chi connectivity index (χ1) is 18.3. The van der Waals surface area contributed by atoms with Crippen molar-refractivity contribution in [3.63, 3.8) is 0 Å². The average molecular weight is 552 g/mol. The third kappa shape index (κ3) is 14.0. The molecule has 0 aliphatic heterocycles. The molecule has 4 atom stereocenters. The Balaban J connectivity index is 2.85. The molecule has 0 saturated heterocycles. The van der Waals surface area contributed by atoms with Gasteiger partial charge >= 0.3 is 24.1 Å². The molecule has 39 heavy (non-hydrogen) atoms. The number of hydrogen-bond donors (Lipinski definition) is 1. The van der Waals surface area contributed by atoms with Gasteiger partial charge in [-0.3, -0.25) is 14.4 Å². The average Bonchev–Trinajstić information content (AvgIpc) is 2.87. The molecule has 0 aromatic heterocycles. The molecule has 10 heteroatoms. The van der Waals surface area contributed by atoms with Crippen LogP contribution in [0.2, 0.25) is 0 Å². The van der Waals surface area contributed by atoms with Crippen LogP contribution in [0, 0.1) is 17.8 Å². The third-order valence-electron chi connectivity index (χ3n) is 5.93. The summed E-state index contributed by atoms with van der Waals surface area (Å²) in [4.78, 5) is 48.9. The van der Waals surface area contributed by atoms with Crippen LogP contribution in [-0.4, -0.2) is 49.4 Å². The first kappa shape index (κ1) is 33.9. The highest BCUT2D eigenvalue weighted by atomic mass is 16.7. The Kier molecular flexibility index (Phi) is 15.2. The predicted molar refractivity (Wildman–Crippen MR) is 145 cm³/mol. The molecule has 0 amide bonds. The van der Waals surface area contributed by atoms with Crippen molar-refractivity contribution in [2.75, 3.05) is 13.2 Å². The lowest BCUT2D eigenvalue weighted by molar-refractivity contribution is -0.148. The molecule has 0 heterocycles. The summed E-state index contributed by atoms with van der Waals surface area (Å²) >= 11 is 0. The Morgan fingerprint density at radius 3 is 1.90 bits per heavy atom. The van der Waals surface area contributed by atoms with Crippen LogP contribution >= 0.6 is 0 Å². The number of carbonyl (C=O) groups excluding carboxylic acids is 4. The SMILES string of the molecule is CCC(C)CC(=O)Oc1ccc(C[C@H](N)C(=O)OC[C@H](C)OC(=O)OCC(C)C)cc1OC(=O)CC(C)CC. The fourth-order valence-corrected chi connectivity index (χ4v) is 3.14. The highest BCUT2D eigenvalue weighted by Gasteiger charge is 2.22.